The number of fused-ring (bicyclic) bond motifs is 14. The summed E-state index contributed by atoms with van der Waals surface area (Å²) in [6.45, 7) is 0. The van der Waals surface area contributed by atoms with E-state index >= 15 is 0 Å². The van der Waals surface area contributed by atoms with E-state index in [4.69, 9.17) is 19.4 Å². The molecular formula is C67H40N4O. The number of benzene rings is 12. The van der Waals surface area contributed by atoms with Gasteiger partial charge in [0, 0.05) is 43.9 Å². The van der Waals surface area contributed by atoms with E-state index in [0.717, 1.165) is 66.6 Å². The van der Waals surface area contributed by atoms with Crippen molar-refractivity contribution in [1.29, 1.82) is 0 Å². The van der Waals surface area contributed by atoms with Gasteiger partial charge in [0.25, 0.3) is 0 Å². The normalized spacial score (nSPS) is 11.9. The molecule has 15 aromatic rings. The molecule has 0 atom stereocenters. The van der Waals surface area contributed by atoms with Crippen LogP contribution in [0.5, 0.6) is 0 Å². The molecule has 0 saturated heterocycles. The Kier molecular flexibility index (Phi) is 8.89. The van der Waals surface area contributed by atoms with Gasteiger partial charge in [0.1, 0.15) is 11.2 Å². The molecule has 3 aromatic heterocycles. The number of aromatic nitrogens is 4. The summed E-state index contributed by atoms with van der Waals surface area (Å²) in [7, 11) is 0. The van der Waals surface area contributed by atoms with Crippen LogP contribution >= 0.6 is 0 Å². The van der Waals surface area contributed by atoms with Crippen molar-refractivity contribution >= 4 is 86.8 Å². The maximum atomic E-state index is 6.75. The summed E-state index contributed by atoms with van der Waals surface area (Å²) in [5, 5.41) is 14.5. The average Bonchev–Trinajstić information content (AvgIpc) is 4.00. The Balaban J connectivity index is 0.824. The zero-order chi connectivity index (χ0) is 47.3. The van der Waals surface area contributed by atoms with Gasteiger partial charge in [0.05, 0.1) is 11.0 Å². The van der Waals surface area contributed by atoms with Gasteiger partial charge in [0.15, 0.2) is 17.5 Å². The third-order valence-corrected chi connectivity index (χ3v) is 14.6. The average molecular weight is 917 g/mol. The Morgan fingerprint density at radius 3 is 1.40 bits per heavy atom. The summed E-state index contributed by atoms with van der Waals surface area (Å²) in [5.74, 6) is 1.78. The number of para-hydroxylation sites is 1. The molecular weight excluding hydrogens is 877 g/mol. The number of nitrogens with zero attached hydrogens (tertiary/aromatic N) is 4. The molecule has 0 saturated carbocycles. The van der Waals surface area contributed by atoms with E-state index in [9.17, 15) is 0 Å². The van der Waals surface area contributed by atoms with Gasteiger partial charge in [-0.15, -0.1) is 0 Å². The van der Waals surface area contributed by atoms with Gasteiger partial charge in [-0.1, -0.05) is 176 Å². The molecule has 0 bridgehead atoms. The predicted molar refractivity (Wildman–Crippen MR) is 299 cm³/mol. The lowest BCUT2D eigenvalue weighted by atomic mass is 9.92. The lowest BCUT2D eigenvalue weighted by Crippen LogP contribution is -2.00. The second kappa shape index (κ2) is 15.9. The molecule has 0 aliphatic heterocycles. The molecule has 3 heterocycles. The van der Waals surface area contributed by atoms with Crippen LogP contribution in [0.2, 0.25) is 0 Å². The van der Waals surface area contributed by atoms with Gasteiger partial charge >= 0.3 is 0 Å². The molecule has 0 unspecified atom stereocenters. The summed E-state index contributed by atoms with van der Waals surface area (Å²) in [5.41, 5.74) is 12.2. The van der Waals surface area contributed by atoms with Crippen molar-refractivity contribution < 1.29 is 4.42 Å². The standard InChI is InChI=1S/C67H40N4O/c1-3-15-42(16-4-1)65-68-66(47-18-13-17-43(36-47)44-26-31-55-53-24-10-9-22-51(53)52-23-11-12-25-54(52)58(55)37-44)70-67(69-65)48-28-33-57-56-32-27-46(39-62(56)72-63(57)40-48)45-30-34-60-59(38-45)64-50-21-8-7-14-41(50)29-35-61(64)71(60)49-19-5-2-6-20-49/h1-40H. The first-order chi connectivity index (χ1) is 35.7. The van der Waals surface area contributed by atoms with E-state index in [0.29, 0.717) is 17.5 Å². The number of hydrogen-bond donors (Lipinski definition) is 0. The van der Waals surface area contributed by atoms with Crippen LogP contribution in [0.4, 0.5) is 0 Å². The maximum Gasteiger partial charge on any atom is 0.164 e. The van der Waals surface area contributed by atoms with E-state index in [-0.39, 0.29) is 0 Å². The second-order valence-electron chi connectivity index (χ2n) is 18.7. The molecule has 0 fully saturated rings. The smallest absolute Gasteiger partial charge is 0.164 e. The highest BCUT2D eigenvalue weighted by molar-refractivity contribution is 6.26. The van der Waals surface area contributed by atoms with Crippen LogP contribution in [0.3, 0.4) is 0 Å². The van der Waals surface area contributed by atoms with Crippen LogP contribution in [0.25, 0.3) is 149 Å². The van der Waals surface area contributed by atoms with Crippen molar-refractivity contribution in [2.24, 2.45) is 0 Å². The van der Waals surface area contributed by atoms with Crippen LogP contribution in [-0.2, 0) is 0 Å². The van der Waals surface area contributed by atoms with Crippen LogP contribution in [0.15, 0.2) is 247 Å². The highest BCUT2D eigenvalue weighted by Crippen LogP contribution is 2.42. The van der Waals surface area contributed by atoms with Gasteiger partial charge in [-0.05, 0) is 132 Å². The first-order valence-electron chi connectivity index (χ1n) is 24.4. The quantitative estimate of drug-likeness (QED) is 0.156. The molecule has 0 spiro atoms. The molecule has 0 radical (unpaired) electrons. The van der Waals surface area contributed by atoms with Gasteiger partial charge in [0.2, 0.25) is 0 Å². The molecule has 334 valence electrons. The molecule has 15 rings (SSSR count). The van der Waals surface area contributed by atoms with E-state index < -0.39 is 0 Å². The minimum atomic E-state index is 0.576. The fourth-order valence-corrected chi connectivity index (χ4v) is 11.2. The van der Waals surface area contributed by atoms with Crippen molar-refractivity contribution in [2.45, 2.75) is 0 Å². The molecule has 0 N–H and O–H groups in total. The Morgan fingerprint density at radius 1 is 0.264 bits per heavy atom. The highest BCUT2D eigenvalue weighted by Gasteiger charge is 2.19. The molecule has 0 aliphatic rings. The topological polar surface area (TPSA) is 56.7 Å². The summed E-state index contributed by atoms with van der Waals surface area (Å²) in [6.07, 6.45) is 0. The van der Waals surface area contributed by atoms with Gasteiger partial charge < -0.3 is 8.98 Å². The number of furan rings is 1. The Hall–Kier alpha value is -9.71. The first-order valence-corrected chi connectivity index (χ1v) is 24.4. The molecule has 0 aliphatic carbocycles. The van der Waals surface area contributed by atoms with Crippen LogP contribution in [-0.4, -0.2) is 19.5 Å². The van der Waals surface area contributed by atoms with Gasteiger partial charge in [-0.25, -0.2) is 15.0 Å². The molecule has 5 nitrogen and oxygen atoms in total. The number of hydrogen-bond acceptors (Lipinski definition) is 4. The van der Waals surface area contributed by atoms with Gasteiger partial charge in [-0.3, -0.25) is 0 Å². The van der Waals surface area contributed by atoms with Crippen molar-refractivity contribution in [2.75, 3.05) is 0 Å². The SMILES string of the molecule is c1ccc(-c2nc(-c3cccc(-c4ccc5c6ccccc6c6ccccc6c5c4)c3)nc(-c3ccc4c(c3)oc3cc(-c5ccc6c(c5)c5c7ccccc7ccc5n6-c5ccccc5)ccc34)n2)cc1. The fraction of sp³-hybridized carbons (Fsp3) is 0. The number of rotatable bonds is 6. The lowest BCUT2D eigenvalue weighted by Gasteiger charge is -2.13. The van der Waals surface area contributed by atoms with Gasteiger partial charge in [-0.2, -0.15) is 0 Å². The zero-order valence-electron chi connectivity index (χ0n) is 38.8. The summed E-state index contributed by atoms with van der Waals surface area (Å²) in [4.78, 5) is 15.4. The Labute approximate surface area is 413 Å². The highest BCUT2D eigenvalue weighted by atomic mass is 16.3. The largest absolute Gasteiger partial charge is 0.456 e. The first kappa shape index (κ1) is 40.2. The van der Waals surface area contributed by atoms with Crippen molar-refractivity contribution in [1.82, 2.24) is 19.5 Å². The van der Waals surface area contributed by atoms with E-state index in [2.05, 4.69) is 217 Å². The minimum absolute atomic E-state index is 0.576. The molecule has 5 heteroatoms. The van der Waals surface area contributed by atoms with Crippen LogP contribution in [0, 0.1) is 0 Å². The zero-order valence-corrected chi connectivity index (χ0v) is 38.8. The monoisotopic (exact) mass is 916 g/mol. The minimum Gasteiger partial charge on any atom is -0.456 e. The third kappa shape index (κ3) is 6.38. The fourth-order valence-electron chi connectivity index (χ4n) is 11.2. The third-order valence-electron chi connectivity index (χ3n) is 14.6. The summed E-state index contributed by atoms with van der Waals surface area (Å²) < 4.78 is 9.13. The molecule has 12 aromatic carbocycles. The van der Waals surface area contributed by atoms with Crippen molar-refractivity contribution in [3.63, 3.8) is 0 Å². The predicted octanol–water partition coefficient (Wildman–Crippen LogP) is 17.8. The second-order valence-corrected chi connectivity index (χ2v) is 18.7. The van der Waals surface area contributed by atoms with E-state index in [1.54, 1.807) is 0 Å². The summed E-state index contributed by atoms with van der Waals surface area (Å²) in [6, 6.07) is 86.4. The maximum absolute atomic E-state index is 6.75. The van der Waals surface area contributed by atoms with E-state index in [1.165, 1.54) is 64.9 Å². The molecule has 0 amide bonds. The van der Waals surface area contributed by atoms with Crippen LogP contribution < -0.4 is 0 Å². The van der Waals surface area contributed by atoms with E-state index in [1.807, 2.05) is 30.3 Å². The Morgan fingerprint density at radius 2 is 0.708 bits per heavy atom. The summed E-state index contributed by atoms with van der Waals surface area (Å²) >= 11 is 0. The van der Waals surface area contributed by atoms with Crippen molar-refractivity contribution in [3.05, 3.63) is 243 Å². The lowest BCUT2D eigenvalue weighted by molar-refractivity contribution is 0.669. The Bertz CT molecular complexity index is 4650. The molecule has 72 heavy (non-hydrogen) atoms. The van der Waals surface area contributed by atoms with Crippen LogP contribution in [0.1, 0.15) is 0 Å². The van der Waals surface area contributed by atoms with Crippen molar-refractivity contribution in [3.8, 4) is 62.1 Å².